The molecular weight excluding hydrogens is 360 g/mol. The Morgan fingerprint density at radius 2 is 2.00 bits per heavy atom. The minimum atomic E-state index is -0.713. The second-order valence-corrected chi connectivity index (χ2v) is 10.5. The number of urea groups is 1. The molecule has 0 aliphatic heterocycles. The zero-order chi connectivity index (χ0) is 20.6. The van der Waals surface area contributed by atoms with E-state index < -0.39 is 11.6 Å². The zero-order valence-electron chi connectivity index (χ0n) is 17.5. The van der Waals surface area contributed by atoms with Gasteiger partial charge in [0.05, 0.1) is 5.54 Å². The SMILES string of the molecule is CC1C(CO)C(NC(N)=O)(c2ccc(CCC(C)(C)C)c(Cl)c2)CC1(C)C. The molecule has 2 amide bonds. The van der Waals surface area contributed by atoms with Crippen molar-refractivity contribution in [2.75, 3.05) is 6.61 Å². The summed E-state index contributed by atoms with van der Waals surface area (Å²) in [6.45, 7) is 13.1. The molecule has 1 fully saturated rings. The summed E-state index contributed by atoms with van der Waals surface area (Å²) in [6, 6.07) is 5.47. The van der Waals surface area contributed by atoms with Crippen LogP contribution in [0.25, 0.3) is 0 Å². The van der Waals surface area contributed by atoms with Crippen LogP contribution in [0, 0.1) is 22.7 Å². The van der Waals surface area contributed by atoms with Crippen LogP contribution in [0.15, 0.2) is 18.2 Å². The Labute approximate surface area is 168 Å². The first kappa shape index (κ1) is 22.0. The third-order valence-electron chi connectivity index (χ3n) is 6.46. The number of carbonyl (C=O) groups is 1. The number of aliphatic hydroxyl groups is 1. The van der Waals surface area contributed by atoms with E-state index in [1.54, 1.807) is 0 Å². The summed E-state index contributed by atoms with van der Waals surface area (Å²) in [5, 5.41) is 13.8. The molecule has 4 nitrogen and oxygen atoms in total. The van der Waals surface area contributed by atoms with Gasteiger partial charge in [0.2, 0.25) is 0 Å². The summed E-state index contributed by atoms with van der Waals surface area (Å²) in [5.41, 5.74) is 7.05. The second kappa shape index (κ2) is 7.63. The number of aliphatic hydroxyl groups excluding tert-OH is 1. The van der Waals surface area contributed by atoms with Crippen LogP contribution < -0.4 is 11.1 Å². The topological polar surface area (TPSA) is 75.3 Å². The number of hydrogen-bond donors (Lipinski definition) is 3. The molecule has 0 radical (unpaired) electrons. The van der Waals surface area contributed by atoms with Gasteiger partial charge in [-0.1, -0.05) is 65.3 Å². The van der Waals surface area contributed by atoms with Crippen molar-refractivity contribution in [2.45, 2.75) is 66.3 Å². The van der Waals surface area contributed by atoms with Crippen molar-refractivity contribution in [3.8, 4) is 0 Å². The van der Waals surface area contributed by atoms with Crippen LogP contribution in [0.3, 0.4) is 0 Å². The van der Waals surface area contributed by atoms with Gasteiger partial charge in [-0.25, -0.2) is 4.79 Å². The average Bonchev–Trinajstić information content (AvgIpc) is 2.71. The number of nitrogens with one attached hydrogen (secondary N) is 1. The van der Waals surface area contributed by atoms with Gasteiger partial charge in [-0.2, -0.15) is 0 Å². The molecule has 0 saturated heterocycles. The molecular formula is C22H35ClN2O2. The fourth-order valence-corrected chi connectivity index (χ4v) is 4.85. The van der Waals surface area contributed by atoms with Crippen molar-refractivity contribution >= 4 is 17.6 Å². The standard InChI is InChI=1S/C22H35ClN2O2/c1-14-17(12-26)22(25-19(24)27,13-21(14,5)6)16-8-7-15(18(23)11-16)9-10-20(2,3)4/h7-8,11,14,17,26H,9-10,12-13H2,1-6H3,(H3,24,25,27). The smallest absolute Gasteiger partial charge is 0.312 e. The highest BCUT2D eigenvalue weighted by atomic mass is 35.5. The Bertz CT molecular complexity index is 696. The lowest BCUT2D eigenvalue weighted by atomic mass is 9.77. The summed E-state index contributed by atoms with van der Waals surface area (Å²) in [5.74, 6) is 0.0881. The lowest BCUT2D eigenvalue weighted by molar-refractivity contribution is 0.119. The summed E-state index contributed by atoms with van der Waals surface area (Å²) >= 11 is 6.63. The number of hydrogen-bond acceptors (Lipinski definition) is 2. The van der Waals surface area contributed by atoms with Gasteiger partial charge in [0.25, 0.3) is 0 Å². The van der Waals surface area contributed by atoms with E-state index in [0.29, 0.717) is 11.4 Å². The van der Waals surface area contributed by atoms with Crippen molar-refractivity contribution in [1.29, 1.82) is 0 Å². The summed E-state index contributed by atoms with van der Waals surface area (Å²) in [4.78, 5) is 11.9. The maximum absolute atomic E-state index is 11.9. The van der Waals surface area contributed by atoms with Gasteiger partial charge in [-0.3, -0.25) is 0 Å². The van der Waals surface area contributed by atoms with Crippen molar-refractivity contribution in [3.63, 3.8) is 0 Å². The molecule has 1 aromatic rings. The van der Waals surface area contributed by atoms with Crippen LogP contribution >= 0.6 is 11.6 Å². The second-order valence-electron chi connectivity index (χ2n) is 10.1. The first-order chi connectivity index (χ1) is 12.3. The number of rotatable bonds is 5. The predicted molar refractivity (Wildman–Crippen MR) is 112 cm³/mol. The molecule has 3 atom stereocenters. The molecule has 1 aliphatic rings. The van der Waals surface area contributed by atoms with Gasteiger partial charge in [-0.05, 0) is 53.2 Å². The van der Waals surface area contributed by atoms with Crippen molar-refractivity contribution in [2.24, 2.45) is 28.4 Å². The fourth-order valence-electron chi connectivity index (χ4n) is 4.58. The molecule has 0 bridgehead atoms. The minimum Gasteiger partial charge on any atom is -0.396 e. The van der Waals surface area contributed by atoms with Crippen molar-refractivity contribution in [1.82, 2.24) is 5.32 Å². The molecule has 152 valence electrons. The molecule has 1 aliphatic carbocycles. The third-order valence-corrected chi connectivity index (χ3v) is 6.81. The van der Waals surface area contributed by atoms with Crippen LogP contribution in [-0.2, 0) is 12.0 Å². The van der Waals surface area contributed by atoms with E-state index in [4.69, 9.17) is 17.3 Å². The van der Waals surface area contributed by atoms with Crippen molar-refractivity contribution in [3.05, 3.63) is 34.3 Å². The molecule has 0 spiro atoms. The van der Waals surface area contributed by atoms with E-state index >= 15 is 0 Å². The van der Waals surface area contributed by atoms with E-state index in [9.17, 15) is 9.90 Å². The molecule has 3 unspecified atom stereocenters. The molecule has 0 heterocycles. The van der Waals surface area contributed by atoms with E-state index in [1.807, 2.05) is 12.1 Å². The molecule has 0 aromatic heterocycles. The quantitative estimate of drug-likeness (QED) is 0.667. The van der Waals surface area contributed by atoms with Crippen LogP contribution in [0.4, 0.5) is 4.79 Å². The monoisotopic (exact) mass is 394 g/mol. The van der Waals surface area contributed by atoms with E-state index in [-0.39, 0.29) is 29.3 Å². The molecule has 27 heavy (non-hydrogen) atoms. The minimum absolute atomic E-state index is 0.0196. The van der Waals surface area contributed by atoms with Crippen LogP contribution in [0.5, 0.6) is 0 Å². The molecule has 1 saturated carbocycles. The number of nitrogens with two attached hydrogens (primary N) is 1. The fraction of sp³-hybridized carbons (Fsp3) is 0.682. The predicted octanol–water partition coefficient (Wildman–Crippen LogP) is 4.86. The Kier molecular flexibility index (Phi) is 6.23. The summed E-state index contributed by atoms with van der Waals surface area (Å²) in [7, 11) is 0. The van der Waals surface area contributed by atoms with E-state index in [1.165, 1.54) is 0 Å². The lowest BCUT2D eigenvalue weighted by Crippen LogP contribution is -2.52. The molecule has 2 rings (SSSR count). The maximum Gasteiger partial charge on any atom is 0.312 e. The van der Waals surface area contributed by atoms with Gasteiger partial charge in [0, 0.05) is 17.5 Å². The Balaban J connectivity index is 2.46. The molecule has 1 aromatic carbocycles. The van der Waals surface area contributed by atoms with Gasteiger partial charge in [0.1, 0.15) is 0 Å². The highest BCUT2D eigenvalue weighted by molar-refractivity contribution is 6.31. The van der Waals surface area contributed by atoms with Crippen LogP contribution in [-0.4, -0.2) is 17.7 Å². The van der Waals surface area contributed by atoms with E-state index in [2.05, 4.69) is 52.9 Å². The van der Waals surface area contributed by atoms with Gasteiger partial charge in [-0.15, -0.1) is 0 Å². The molecule has 4 N–H and O–H groups in total. The largest absolute Gasteiger partial charge is 0.396 e. The summed E-state index contributed by atoms with van der Waals surface area (Å²) in [6.07, 6.45) is 2.65. The number of aryl methyl sites for hydroxylation is 1. The number of carbonyl (C=O) groups excluding carboxylic acids is 1. The van der Waals surface area contributed by atoms with Crippen LogP contribution in [0.1, 0.15) is 65.5 Å². The van der Waals surface area contributed by atoms with Crippen LogP contribution in [0.2, 0.25) is 5.02 Å². The van der Waals surface area contributed by atoms with Gasteiger partial charge >= 0.3 is 6.03 Å². The van der Waals surface area contributed by atoms with Gasteiger partial charge in [0.15, 0.2) is 0 Å². The Hall–Kier alpha value is -1.26. The lowest BCUT2D eigenvalue weighted by Gasteiger charge is -2.37. The first-order valence-electron chi connectivity index (χ1n) is 9.80. The number of amides is 2. The Morgan fingerprint density at radius 3 is 2.48 bits per heavy atom. The number of benzene rings is 1. The first-order valence-corrected chi connectivity index (χ1v) is 10.2. The third kappa shape index (κ3) is 4.60. The number of primary amides is 1. The van der Waals surface area contributed by atoms with E-state index in [0.717, 1.165) is 24.0 Å². The molecule has 5 heteroatoms. The Morgan fingerprint density at radius 1 is 1.37 bits per heavy atom. The van der Waals surface area contributed by atoms with Gasteiger partial charge < -0.3 is 16.2 Å². The normalized spacial score (nSPS) is 27.6. The zero-order valence-corrected chi connectivity index (χ0v) is 18.3. The number of halogens is 1. The van der Waals surface area contributed by atoms with Crippen molar-refractivity contribution < 1.29 is 9.90 Å². The average molecular weight is 395 g/mol. The maximum atomic E-state index is 11.9. The highest BCUT2D eigenvalue weighted by Crippen LogP contribution is 2.56. The highest BCUT2D eigenvalue weighted by Gasteiger charge is 2.56. The summed E-state index contributed by atoms with van der Waals surface area (Å²) < 4.78 is 0.